The summed E-state index contributed by atoms with van der Waals surface area (Å²) < 4.78 is 0. The Balaban J connectivity index is 2.40. The molecular formula is C11H17N3. The molecule has 0 atom stereocenters. The number of hydrogen-bond donors (Lipinski definition) is 1. The van der Waals surface area contributed by atoms with Crippen LogP contribution in [0.5, 0.6) is 0 Å². The highest BCUT2D eigenvalue weighted by Gasteiger charge is 2.14. The second-order valence-corrected chi connectivity index (χ2v) is 3.68. The monoisotopic (exact) mass is 191 g/mol. The Hall–Kier alpha value is -1.25. The van der Waals surface area contributed by atoms with Crippen LogP contribution in [0.15, 0.2) is 12.1 Å². The lowest BCUT2D eigenvalue weighted by molar-refractivity contribution is 0.775. The zero-order valence-corrected chi connectivity index (χ0v) is 8.88. The van der Waals surface area contributed by atoms with Crippen LogP contribution < -0.4 is 10.2 Å². The molecule has 0 fully saturated rings. The second-order valence-electron chi connectivity index (χ2n) is 3.68. The van der Waals surface area contributed by atoms with Crippen molar-refractivity contribution in [2.75, 3.05) is 29.9 Å². The predicted molar refractivity (Wildman–Crippen MR) is 60.0 cm³/mol. The lowest BCUT2D eigenvalue weighted by atomic mass is 10.3. The fourth-order valence-electron chi connectivity index (χ4n) is 1.83. The molecule has 1 aromatic rings. The average Bonchev–Trinajstić information content (AvgIpc) is 2.39. The Kier molecular flexibility index (Phi) is 2.57. The largest absolute Gasteiger partial charge is 0.382 e. The summed E-state index contributed by atoms with van der Waals surface area (Å²) in [5.41, 5.74) is 2.26. The van der Waals surface area contributed by atoms with Gasteiger partial charge in [0.25, 0.3) is 0 Å². The van der Waals surface area contributed by atoms with Gasteiger partial charge in [0.1, 0.15) is 0 Å². The SMILES string of the molecule is CCN1CCCNc2ccc(C)nc21. The van der Waals surface area contributed by atoms with E-state index in [9.17, 15) is 0 Å². The van der Waals surface area contributed by atoms with Crippen LogP contribution in [0.2, 0.25) is 0 Å². The quantitative estimate of drug-likeness (QED) is 0.736. The summed E-state index contributed by atoms with van der Waals surface area (Å²) in [6.07, 6.45) is 1.18. The maximum absolute atomic E-state index is 4.59. The lowest BCUT2D eigenvalue weighted by Gasteiger charge is -2.21. The molecule has 0 aromatic carbocycles. The molecule has 1 aliphatic heterocycles. The molecule has 1 N–H and O–H groups in total. The molecular weight excluding hydrogens is 174 g/mol. The molecule has 2 rings (SSSR count). The number of aryl methyl sites for hydroxylation is 1. The third kappa shape index (κ3) is 1.67. The standard InChI is InChI=1S/C11H17N3/c1-3-14-8-4-7-12-10-6-5-9(2)13-11(10)14/h5-6,12H,3-4,7-8H2,1-2H3. The van der Waals surface area contributed by atoms with Gasteiger partial charge in [0.15, 0.2) is 5.82 Å². The van der Waals surface area contributed by atoms with Gasteiger partial charge in [0.2, 0.25) is 0 Å². The van der Waals surface area contributed by atoms with Crippen LogP contribution >= 0.6 is 0 Å². The number of fused-ring (bicyclic) bond motifs is 1. The van der Waals surface area contributed by atoms with Crippen molar-refractivity contribution in [3.8, 4) is 0 Å². The molecule has 76 valence electrons. The van der Waals surface area contributed by atoms with Gasteiger partial charge < -0.3 is 10.2 Å². The summed E-state index contributed by atoms with van der Waals surface area (Å²) >= 11 is 0. The van der Waals surface area contributed by atoms with Crippen LogP contribution in [0.4, 0.5) is 11.5 Å². The molecule has 0 unspecified atom stereocenters. The summed E-state index contributed by atoms with van der Waals surface area (Å²) in [6.45, 7) is 7.41. The van der Waals surface area contributed by atoms with E-state index in [1.54, 1.807) is 0 Å². The molecule has 0 saturated carbocycles. The first-order valence-corrected chi connectivity index (χ1v) is 5.27. The van der Waals surface area contributed by atoms with Crippen molar-refractivity contribution in [3.63, 3.8) is 0 Å². The third-order valence-corrected chi connectivity index (χ3v) is 2.62. The molecule has 3 nitrogen and oxygen atoms in total. The van der Waals surface area contributed by atoms with E-state index < -0.39 is 0 Å². The van der Waals surface area contributed by atoms with E-state index in [0.717, 1.165) is 31.1 Å². The Morgan fingerprint density at radius 2 is 2.36 bits per heavy atom. The fraction of sp³-hybridized carbons (Fsp3) is 0.545. The van der Waals surface area contributed by atoms with Crippen molar-refractivity contribution >= 4 is 11.5 Å². The van der Waals surface area contributed by atoms with Crippen molar-refractivity contribution in [2.45, 2.75) is 20.3 Å². The molecule has 1 aliphatic rings. The Bertz CT molecular complexity index is 322. The molecule has 3 heteroatoms. The van der Waals surface area contributed by atoms with Crippen LogP contribution in [0.3, 0.4) is 0 Å². The topological polar surface area (TPSA) is 28.2 Å². The molecule has 2 heterocycles. The predicted octanol–water partition coefficient (Wildman–Crippen LogP) is 2.03. The molecule has 14 heavy (non-hydrogen) atoms. The number of hydrogen-bond acceptors (Lipinski definition) is 3. The summed E-state index contributed by atoms with van der Waals surface area (Å²) in [5.74, 6) is 1.12. The zero-order valence-electron chi connectivity index (χ0n) is 8.88. The van der Waals surface area contributed by atoms with Crippen molar-refractivity contribution in [1.29, 1.82) is 0 Å². The average molecular weight is 191 g/mol. The van der Waals surface area contributed by atoms with Crippen LogP contribution in [0.25, 0.3) is 0 Å². The van der Waals surface area contributed by atoms with Crippen LogP contribution in [0, 0.1) is 6.92 Å². The highest BCUT2D eigenvalue weighted by Crippen LogP contribution is 2.25. The van der Waals surface area contributed by atoms with Crippen molar-refractivity contribution in [1.82, 2.24) is 4.98 Å². The minimum absolute atomic E-state index is 1.03. The highest BCUT2D eigenvalue weighted by molar-refractivity contribution is 5.66. The number of anilines is 2. The highest BCUT2D eigenvalue weighted by atomic mass is 15.2. The lowest BCUT2D eigenvalue weighted by Crippen LogP contribution is -2.24. The van der Waals surface area contributed by atoms with Gasteiger partial charge in [-0.15, -0.1) is 0 Å². The number of pyridine rings is 1. The van der Waals surface area contributed by atoms with E-state index in [1.165, 1.54) is 12.1 Å². The van der Waals surface area contributed by atoms with Gasteiger partial charge in [-0.25, -0.2) is 4.98 Å². The Morgan fingerprint density at radius 3 is 3.14 bits per heavy atom. The van der Waals surface area contributed by atoms with Gasteiger partial charge >= 0.3 is 0 Å². The van der Waals surface area contributed by atoms with Crippen LogP contribution in [-0.4, -0.2) is 24.6 Å². The first-order chi connectivity index (χ1) is 6.81. The Labute approximate surface area is 85.1 Å². The van der Waals surface area contributed by atoms with E-state index in [2.05, 4.69) is 34.3 Å². The molecule has 0 saturated heterocycles. The van der Waals surface area contributed by atoms with E-state index in [1.807, 2.05) is 6.92 Å². The molecule has 0 amide bonds. The number of rotatable bonds is 1. The van der Waals surface area contributed by atoms with Gasteiger partial charge in [-0.1, -0.05) is 0 Å². The minimum Gasteiger partial charge on any atom is -0.382 e. The smallest absolute Gasteiger partial charge is 0.152 e. The molecule has 0 bridgehead atoms. The third-order valence-electron chi connectivity index (χ3n) is 2.62. The van der Waals surface area contributed by atoms with E-state index in [0.29, 0.717) is 0 Å². The normalized spacial score (nSPS) is 15.7. The summed E-state index contributed by atoms with van der Waals surface area (Å²) in [6, 6.07) is 4.19. The van der Waals surface area contributed by atoms with Gasteiger partial charge in [0.05, 0.1) is 5.69 Å². The first-order valence-electron chi connectivity index (χ1n) is 5.27. The molecule has 0 spiro atoms. The Morgan fingerprint density at radius 1 is 1.50 bits per heavy atom. The number of aromatic nitrogens is 1. The van der Waals surface area contributed by atoms with Crippen LogP contribution in [-0.2, 0) is 0 Å². The van der Waals surface area contributed by atoms with Gasteiger partial charge in [-0.3, -0.25) is 0 Å². The van der Waals surface area contributed by atoms with Crippen LogP contribution in [0.1, 0.15) is 19.0 Å². The van der Waals surface area contributed by atoms with E-state index in [-0.39, 0.29) is 0 Å². The van der Waals surface area contributed by atoms with Crippen molar-refractivity contribution in [2.24, 2.45) is 0 Å². The summed E-state index contributed by atoms with van der Waals surface area (Å²) in [7, 11) is 0. The van der Waals surface area contributed by atoms with Gasteiger partial charge in [-0.2, -0.15) is 0 Å². The maximum atomic E-state index is 4.59. The number of nitrogens with one attached hydrogen (secondary N) is 1. The molecule has 0 radical (unpaired) electrons. The number of nitrogens with zero attached hydrogens (tertiary/aromatic N) is 2. The molecule has 1 aromatic heterocycles. The van der Waals surface area contributed by atoms with Gasteiger partial charge in [0, 0.05) is 25.3 Å². The first kappa shape index (κ1) is 9.31. The fourth-order valence-corrected chi connectivity index (χ4v) is 1.83. The minimum atomic E-state index is 1.03. The maximum Gasteiger partial charge on any atom is 0.152 e. The zero-order chi connectivity index (χ0) is 9.97. The summed E-state index contributed by atoms with van der Waals surface area (Å²) in [5, 5.41) is 3.41. The molecule has 0 aliphatic carbocycles. The van der Waals surface area contributed by atoms with Crippen molar-refractivity contribution < 1.29 is 0 Å². The van der Waals surface area contributed by atoms with Gasteiger partial charge in [-0.05, 0) is 32.4 Å². The second kappa shape index (κ2) is 3.86. The van der Waals surface area contributed by atoms with E-state index >= 15 is 0 Å². The van der Waals surface area contributed by atoms with Crippen molar-refractivity contribution in [3.05, 3.63) is 17.8 Å². The summed E-state index contributed by atoms with van der Waals surface area (Å²) in [4.78, 5) is 6.93. The van der Waals surface area contributed by atoms with E-state index in [4.69, 9.17) is 0 Å².